The molecular formula is C17H14ClN3O4. The molecule has 0 aliphatic carbocycles. The summed E-state index contributed by atoms with van der Waals surface area (Å²) in [5.41, 5.74) is 3.69. The van der Waals surface area contributed by atoms with E-state index in [0.717, 1.165) is 11.1 Å². The highest BCUT2D eigenvalue weighted by atomic mass is 35.5. The predicted molar refractivity (Wildman–Crippen MR) is 91.6 cm³/mol. The van der Waals surface area contributed by atoms with Gasteiger partial charge in [-0.3, -0.25) is 9.59 Å². The first-order valence-electron chi connectivity index (χ1n) is 7.37. The van der Waals surface area contributed by atoms with E-state index in [2.05, 4.69) is 15.8 Å². The third-order valence-corrected chi connectivity index (χ3v) is 3.60. The molecule has 128 valence electrons. The van der Waals surface area contributed by atoms with Crippen LogP contribution in [-0.4, -0.2) is 24.8 Å². The first-order chi connectivity index (χ1) is 12.1. The van der Waals surface area contributed by atoms with Crippen molar-refractivity contribution in [3.05, 3.63) is 58.6 Å². The predicted octanol–water partition coefficient (Wildman–Crippen LogP) is 1.84. The van der Waals surface area contributed by atoms with Gasteiger partial charge in [-0.25, -0.2) is 5.43 Å². The van der Waals surface area contributed by atoms with Crippen molar-refractivity contribution in [2.24, 2.45) is 5.10 Å². The zero-order chi connectivity index (χ0) is 17.6. The maximum absolute atomic E-state index is 11.8. The topological polar surface area (TPSA) is 89.0 Å². The first kappa shape index (κ1) is 16.8. The van der Waals surface area contributed by atoms with E-state index in [0.29, 0.717) is 16.5 Å². The standard InChI is InChI=1S/C17H14ClN3O4/c18-13-4-1-11(2-5-13)9-20-21-17(23)16(22)19-8-12-3-6-14-15(7-12)25-10-24-14/h1-7,9H,8,10H2,(H,19,22)(H,21,23)/b20-9-. The van der Waals surface area contributed by atoms with E-state index in [4.69, 9.17) is 21.1 Å². The molecule has 1 heterocycles. The van der Waals surface area contributed by atoms with Crippen molar-refractivity contribution in [3.8, 4) is 11.5 Å². The third-order valence-electron chi connectivity index (χ3n) is 3.35. The number of benzene rings is 2. The zero-order valence-electron chi connectivity index (χ0n) is 13.0. The summed E-state index contributed by atoms with van der Waals surface area (Å²) in [6.07, 6.45) is 1.42. The number of rotatable bonds is 4. The number of amides is 2. The van der Waals surface area contributed by atoms with E-state index in [1.807, 2.05) is 0 Å². The van der Waals surface area contributed by atoms with E-state index in [9.17, 15) is 9.59 Å². The van der Waals surface area contributed by atoms with Crippen molar-refractivity contribution in [2.45, 2.75) is 6.54 Å². The minimum absolute atomic E-state index is 0.180. The quantitative estimate of drug-likeness (QED) is 0.495. The van der Waals surface area contributed by atoms with Crippen LogP contribution in [0.3, 0.4) is 0 Å². The first-order valence-corrected chi connectivity index (χ1v) is 7.75. The van der Waals surface area contributed by atoms with Crippen LogP contribution >= 0.6 is 11.6 Å². The molecular weight excluding hydrogens is 346 g/mol. The van der Waals surface area contributed by atoms with E-state index < -0.39 is 11.8 Å². The Balaban J connectivity index is 1.47. The van der Waals surface area contributed by atoms with Crippen LogP contribution in [0.4, 0.5) is 0 Å². The zero-order valence-corrected chi connectivity index (χ0v) is 13.7. The van der Waals surface area contributed by atoms with Crippen LogP contribution in [0.5, 0.6) is 11.5 Å². The maximum atomic E-state index is 11.8. The Kier molecular flexibility index (Phi) is 5.15. The molecule has 0 aromatic heterocycles. The molecule has 2 N–H and O–H groups in total. The molecule has 0 saturated carbocycles. The monoisotopic (exact) mass is 359 g/mol. The molecule has 8 heteroatoms. The number of hydrogen-bond acceptors (Lipinski definition) is 5. The van der Waals surface area contributed by atoms with Gasteiger partial charge in [0.15, 0.2) is 11.5 Å². The lowest BCUT2D eigenvalue weighted by molar-refractivity contribution is -0.139. The molecule has 0 spiro atoms. The van der Waals surface area contributed by atoms with Gasteiger partial charge >= 0.3 is 11.8 Å². The Morgan fingerprint density at radius 3 is 2.64 bits per heavy atom. The van der Waals surface area contributed by atoms with Crippen molar-refractivity contribution in [3.63, 3.8) is 0 Å². The molecule has 3 rings (SSSR count). The lowest BCUT2D eigenvalue weighted by Crippen LogP contribution is -2.37. The Morgan fingerprint density at radius 2 is 1.84 bits per heavy atom. The van der Waals surface area contributed by atoms with E-state index >= 15 is 0 Å². The van der Waals surface area contributed by atoms with Crippen molar-refractivity contribution in [1.29, 1.82) is 0 Å². The number of nitrogens with one attached hydrogen (secondary N) is 2. The molecule has 0 atom stereocenters. The van der Waals surface area contributed by atoms with Gasteiger partial charge in [-0.1, -0.05) is 29.8 Å². The number of carbonyl (C=O) groups is 2. The molecule has 0 bridgehead atoms. The van der Waals surface area contributed by atoms with E-state index in [-0.39, 0.29) is 13.3 Å². The van der Waals surface area contributed by atoms with Gasteiger partial charge in [0.2, 0.25) is 6.79 Å². The minimum atomic E-state index is -0.856. The Hall–Kier alpha value is -3.06. The van der Waals surface area contributed by atoms with Crippen LogP contribution in [0.2, 0.25) is 5.02 Å². The second kappa shape index (κ2) is 7.67. The van der Waals surface area contributed by atoms with Crippen molar-refractivity contribution < 1.29 is 19.1 Å². The van der Waals surface area contributed by atoms with Gasteiger partial charge in [-0.2, -0.15) is 5.10 Å². The summed E-state index contributed by atoms with van der Waals surface area (Å²) in [7, 11) is 0. The molecule has 0 fully saturated rings. The average molecular weight is 360 g/mol. The number of nitrogens with zero attached hydrogens (tertiary/aromatic N) is 1. The highest BCUT2D eigenvalue weighted by Crippen LogP contribution is 2.32. The van der Waals surface area contributed by atoms with Crippen LogP contribution in [0, 0.1) is 0 Å². The fraction of sp³-hybridized carbons (Fsp3) is 0.118. The molecule has 2 aromatic carbocycles. The molecule has 0 saturated heterocycles. The van der Waals surface area contributed by atoms with Gasteiger partial charge in [-0.05, 0) is 35.4 Å². The van der Waals surface area contributed by atoms with Crippen LogP contribution in [-0.2, 0) is 16.1 Å². The average Bonchev–Trinajstić information content (AvgIpc) is 3.09. The second-order valence-electron chi connectivity index (χ2n) is 5.12. The Labute approximate surface area is 148 Å². The number of fused-ring (bicyclic) bond motifs is 1. The minimum Gasteiger partial charge on any atom is -0.454 e. The number of hydrazone groups is 1. The van der Waals surface area contributed by atoms with Crippen LogP contribution in [0.15, 0.2) is 47.6 Å². The molecule has 7 nitrogen and oxygen atoms in total. The summed E-state index contributed by atoms with van der Waals surface area (Å²) in [6, 6.07) is 12.1. The number of carbonyl (C=O) groups excluding carboxylic acids is 2. The summed E-state index contributed by atoms with van der Waals surface area (Å²) >= 11 is 5.77. The summed E-state index contributed by atoms with van der Waals surface area (Å²) in [6.45, 7) is 0.364. The largest absolute Gasteiger partial charge is 0.454 e. The van der Waals surface area contributed by atoms with Crippen molar-refractivity contribution in [2.75, 3.05) is 6.79 Å². The molecule has 2 amide bonds. The van der Waals surface area contributed by atoms with Gasteiger partial charge in [0.05, 0.1) is 6.21 Å². The second-order valence-corrected chi connectivity index (χ2v) is 5.56. The van der Waals surface area contributed by atoms with Gasteiger partial charge in [-0.15, -0.1) is 0 Å². The number of halogens is 1. The molecule has 2 aromatic rings. The molecule has 0 radical (unpaired) electrons. The molecule has 1 aliphatic heterocycles. The lowest BCUT2D eigenvalue weighted by Gasteiger charge is -2.05. The number of ether oxygens (including phenoxy) is 2. The van der Waals surface area contributed by atoms with E-state index in [1.165, 1.54) is 6.21 Å². The lowest BCUT2D eigenvalue weighted by atomic mass is 10.2. The molecule has 1 aliphatic rings. The van der Waals surface area contributed by atoms with Crippen molar-refractivity contribution >= 4 is 29.6 Å². The Morgan fingerprint density at radius 1 is 1.08 bits per heavy atom. The SMILES string of the molecule is O=C(NCc1ccc2c(c1)OCO2)C(=O)N/N=C\c1ccc(Cl)cc1. The third kappa shape index (κ3) is 4.48. The van der Waals surface area contributed by atoms with Gasteiger partial charge in [0, 0.05) is 11.6 Å². The summed E-state index contributed by atoms with van der Waals surface area (Å²) in [5.74, 6) is -0.370. The fourth-order valence-corrected chi connectivity index (χ4v) is 2.20. The van der Waals surface area contributed by atoms with E-state index in [1.54, 1.807) is 42.5 Å². The molecule has 25 heavy (non-hydrogen) atoms. The van der Waals surface area contributed by atoms with Crippen LogP contribution in [0.1, 0.15) is 11.1 Å². The van der Waals surface area contributed by atoms with Crippen molar-refractivity contribution in [1.82, 2.24) is 10.7 Å². The highest BCUT2D eigenvalue weighted by molar-refractivity contribution is 6.35. The fourth-order valence-electron chi connectivity index (χ4n) is 2.08. The number of hydrogen-bond donors (Lipinski definition) is 2. The summed E-state index contributed by atoms with van der Waals surface area (Å²) in [5, 5.41) is 6.84. The van der Waals surface area contributed by atoms with Crippen LogP contribution < -0.4 is 20.2 Å². The highest BCUT2D eigenvalue weighted by Gasteiger charge is 2.15. The Bertz CT molecular complexity index is 821. The van der Waals surface area contributed by atoms with Crippen LogP contribution in [0.25, 0.3) is 0 Å². The summed E-state index contributed by atoms with van der Waals surface area (Å²) in [4.78, 5) is 23.5. The normalized spacial score (nSPS) is 12.2. The maximum Gasteiger partial charge on any atom is 0.329 e. The van der Waals surface area contributed by atoms with Gasteiger partial charge in [0.1, 0.15) is 0 Å². The van der Waals surface area contributed by atoms with Gasteiger partial charge in [0.25, 0.3) is 0 Å². The summed E-state index contributed by atoms with van der Waals surface area (Å²) < 4.78 is 10.5. The molecule has 0 unspecified atom stereocenters. The van der Waals surface area contributed by atoms with Gasteiger partial charge < -0.3 is 14.8 Å². The smallest absolute Gasteiger partial charge is 0.329 e.